The highest BCUT2D eigenvalue weighted by Crippen LogP contribution is 2.17. The van der Waals surface area contributed by atoms with Crippen molar-refractivity contribution in [2.24, 2.45) is 0 Å². The molecule has 1 atom stereocenters. The number of piperidine rings is 1. The average Bonchev–Trinajstić information content (AvgIpc) is 2.33. The Morgan fingerprint density at radius 3 is 2.41 bits per heavy atom. The predicted octanol–water partition coefficient (Wildman–Crippen LogP) is 2.57. The zero-order chi connectivity index (χ0) is 12.3. The number of benzene rings is 1. The van der Waals surface area contributed by atoms with Crippen LogP contribution in [0.1, 0.15) is 31.4 Å². The maximum absolute atomic E-state index is 12.8. The fourth-order valence-corrected chi connectivity index (χ4v) is 2.38. The van der Waals surface area contributed by atoms with E-state index in [1.165, 1.54) is 25.0 Å². The molecule has 1 aliphatic rings. The predicted molar refractivity (Wildman–Crippen MR) is 68.5 cm³/mol. The van der Waals surface area contributed by atoms with Crippen molar-refractivity contribution in [1.82, 2.24) is 10.2 Å². The minimum Gasteiger partial charge on any atom is -0.307 e. The van der Waals surface area contributed by atoms with E-state index in [0.717, 1.165) is 18.7 Å². The van der Waals surface area contributed by atoms with Crippen molar-refractivity contribution in [1.29, 1.82) is 0 Å². The second-order valence-electron chi connectivity index (χ2n) is 5.02. The van der Waals surface area contributed by atoms with Crippen LogP contribution in [-0.2, 0) is 0 Å². The van der Waals surface area contributed by atoms with Crippen LogP contribution in [0.5, 0.6) is 0 Å². The highest BCUT2D eigenvalue weighted by molar-refractivity contribution is 5.19. The summed E-state index contributed by atoms with van der Waals surface area (Å²) in [6.07, 6.45) is 2.39. The Kier molecular flexibility index (Phi) is 4.13. The third-order valence-corrected chi connectivity index (χ3v) is 3.57. The van der Waals surface area contributed by atoms with Gasteiger partial charge in [-0.25, -0.2) is 4.39 Å². The van der Waals surface area contributed by atoms with Crippen molar-refractivity contribution >= 4 is 0 Å². The highest BCUT2D eigenvalue weighted by Gasteiger charge is 2.18. The van der Waals surface area contributed by atoms with Gasteiger partial charge in [-0.3, -0.25) is 0 Å². The third kappa shape index (κ3) is 3.51. The molecule has 3 heteroatoms. The van der Waals surface area contributed by atoms with E-state index >= 15 is 0 Å². The minimum atomic E-state index is -0.166. The summed E-state index contributed by atoms with van der Waals surface area (Å²) in [7, 11) is 2.17. The fraction of sp³-hybridized carbons (Fsp3) is 0.571. The Morgan fingerprint density at radius 2 is 1.82 bits per heavy atom. The molecule has 0 radical (unpaired) electrons. The number of likely N-dealkylation sites (tertiary alicyclic amines) is 1. The van der Waals surface area contributed by atoms with Gasteiger partial charge in [-0.15, -0.1) is 0 Å². The SMILES string of the molecule is CC(NC1CCN(C)CC1)c1ccc(F)cc1. The Morgan fingerprint density at radius 1 is 1.24 bits per heavy atom. The molecule has 1 N–H and O–H groups in total. The zero-order valence-corrected chi connectivity index (χ0v) is 10.6. The number of halogens is 1. The molecule has 1 saturated heterocycles. The largest absolute Gasteiger partial charge is 0.307 e. The quantitative estimate of drug-likeness (QED) is 0.867. The van der Waals surface area contributed by atoms with Crippen molar-refractivity contribution in [3.63, 3.8) is 0 Å². The van der Waals surface area contributed by atoms with Crippen LogP contribution in [-0.4, -0.2) is 31.1 Å². The first kappa shape index (κ1) is 12.5. The summed E-state index contributed by atoms with van der Waals surface area (Å²) in [6.45, 7) is 4.47. The lowest BCUT2D eigenvalue weighted by Crippen LogP contribution is -2.41. The van der Waals surface area contributed by atoms with E-state index in [1.54, 1.807) is 0 Å². The van der Waals surface area contributed by atoms with Gasteiger partial charge in [0.1, 0.15) is 5.82 Å². The first-order chi connectivity index (χ1) is 8.15. The van der Waals surface area contributed by atoms with E-state index in [0.29, 0.717) is 12.1 Å². The Hall–Kier alpha value is -0.930. The monoisotopic (exact) mass is 236 g/mol. The van der Waals surface area contributed by atoms with Gasteiger partial charge < -0.3 is 10.2 Å². The Bertz CT molecular complexity index is 342. The lowest BCUT2D eigenvalue weighted by molar-refractivity contribution is 0.226. The molecule has 0 amide bonds. The van der Waals surface area contributed by atoms with Gasteiger partial charge in [-0.2, -0.15) is 0 Å². The molecule has 1 aromatic rings. The number of nitrogens with zero attached hydrogens (tertiary/aromatic N) is 1. The van der Waals surface area contributed by atoms with E-state index in [2.05, 4.69) is 24.2 Å². The number of hydrogen-bond donors (Lipinski definition) is 1. The maximum Gasteiger partial charge on any atom is 0.123 e. The molecule has 94 valence electrons. The lowest BCUT2D eigenvalue weighted by atomic mass is 10.0. The van der Waals surface area contributed by atoms with Crippen molar-refractivity contribution in [2.75, 3.05) is 20.1 Å². The number of hydrogen-bond acceptors (Lipinski definition) is 2. The van der Waals surface area contributed by atoms with Crippen molar-refractivity contribution < 1.29 is 4.39 Å². The molecule has 0 bridgehead atoms. The fourth-order valence-electron chi connectivity index (χ4n) is 2.38. The standard InChI is InChI=1S/C14H21FN2/c1-11(12-3-5-13(15)6-4-12)16-14-7-9-17(2)10-8-14/h3-6,11,14,16H,7-10H2,1-2H3. The molecule has 0 aliphatic carbocycles. The molecular weight excluding hydrogens is 215 g/mol. The Balaban J connectivity index is 1.88. The summed E-state index contributed by atoms with van der Waals surface area (Å²) >= 11 is 0. The number of nitrogens with one attached hydrogen (secondary N) is 1. The maximum atomic E-state index is 12.8. The minimum absolute atomic E-state index is 0.166. The van der Waals surface area contributed by atoms with Gasteiger partial charge in [-0.1, -0.05) is 12.1 Å². The molecule has 0 spiro atoms. The van der Waals surface area contributed by atoms with Crippen LogP contribution in [0, 0.1) is 5.82 Å². The average molecular weight is 236 g/mol. The molecule has 0 saturated carbocycles. The topological polar surface area (TPSA) is 15.3 Å². The first-order valence-electron chi connectivity index (χ1n) is 6.35. The summed E-state index contributed by atoms with van der Waals surface area (Å²) in [4.78, 5) is 2.36. The summed E-state index contributed by atoms with van der Waals surface area (Å²) in [5, 5.41) is 3.63. The zero-order valence-electron chi connectivity index (χ0n) is 10.6. The van der Waals surface area contributed by atoms with Crippen LogP contribution >= 0.6 is 0 Å². The van der Waals surface area contributed by atoms with Crippen LogP contribution in [0.15, 0.2) is 24.3 Å². The van der Waals surface area contributed by atoms with Crippen LogP contribution in [0.3, 0.4) is 0 Å². The summed E-state index contributed by atoms with van der Waals surface area (Å²) in [6, 6.07) is 7.67. The summed E-state index contributed by atoms with van der Waals surface area (Å²) in [5.41, 5.74) is 1.16. The Labute approximate surface area is 103 Å². The molecule has 1 aromatic carbocycles. The highest BCUT2D eigenvalue weighted by atomic mass is 19.1. The second-order valence-corrected chi connectivity index (χ2v) is 5.02. The molecule has 1 unspecified atom stereocenters. The van der Waals surface area contributed by atoms with E-state index in [9.17, 15) is 4.39 Å². The summed E-state index contributed by atoms with van der Waals surface area (Å²) < 4.78 is 12.8. The molecular formula is C14H21FN2. The van der Waals surface area contributed by atoms with Crippen molar-refractivity contribution in [3.05, 3.63) is 35.6 Å². The first-order valence-corrected chi connectivity index (χ1v) is 6.35. The smallest absolute Gasteiger partial charge is 0.123 e. The molecule has 1 aliphatic heterocycles. The summed E-state index contributed by atoms with van der Waals surface area (Å²) in [5.74, 6) is -0.166. The lowest BCUT2D eigenvalue weighted by Gasteiger charge is -2.31. The van der Waals surface area contributed by atoms with Crippen molar-refractivity contribution in [2.45, 2.75) is 31.8 Å². The van der Waals surface area contributed by atoms with Gasteiger partial charge in [0.2, 0.25) is 0 Å². The van der Waals surface area contributed by atoms with Gasteiger partial charge in [0.25, 0.3) is 0 Å². The van der Waals surface area contributed by atoms with Gasteiger partial charge in [0.15, 0.2) is 0 Å². The molecule has 17 heavy (non-hydrogen) atoms. The van der Waals surface area contributed by atoms with Gasteiger partial charge in [0.05, 0.1) is 0 Å². The molecule has 1 fully saturated rings. The molecule has 2 nitrogen and oxygen atoms in total. The van der Waals surface area contributed by atoms with Crippen molar-refractivity contribution in [3.8, 4) is 0 Å². The van der Waals surface area contributed by atoms with E-state index in [4.69, 9.17) is 0 Å². The van der Waals surface area contributed by atoms with Crippen LogP contribution in [0.25, 0.3) is 0 Å². The van der Waals surface area contributed by atoms with Gasteiger partial charge in [0, 0.05) is 12.1 Å². The second kappa shape index (κ2) is 5.61. The van der Waals surface area contributed by atoms with E-state index in [-0.39, 0.29) is 5.82 Å². The number of rotatable bonds is 3. The van der Waals surface area contributed by atoms with Crippen LogP contribution in [0.4, 0.5) is 4.39 Å². The third-order valence-electron chi connectivity index (χ3n) is 3.57. The normalized spacial score (nSPS) is 20.4. The molecule has 0 aromatic heterocycles. The van der Waals surface area contributed by atoms with E-state index < -0.39 is 0 Å². The molecule has 2 rings (SSSR count). The van der Waals surface area contributed by atoms with Gasteiger partial charge in [-0.05, 0) is 57.6 Å². The van der Waals surface area contributed by atoms with E-state index in [1.807, 2.05) is 12.1 Å². The van der Waals surface area contributed by atoms with Gasteiger partial charge >= 0.3 is 0 Å². The van der Waals surface area contributed by atoms with Crippen LogP contribution in [0.2, 0.25) is 0 Å². The molecule has 1 heterocycles. The van der Waals surface area contributed by atoms with Crippen LogP contribution < -0.4 is 5.32 Å².